The summed E-state index contributed by atoms with van der Waals surface area (Å²) in [6.45, 7) is 1.33. The summed E-state index contributed by atoms with van der Waals surface area (Å²) in [5, 5.41) is 16.4. The van der Waals surface area contributed by atoms with Gasteiger partial charge in [0.1, 0.15) is 24.4 Å². The van der Waals surface area contributed by atoms with Gasteiger partial charge in [-0.05, 0) is 41.9 Å². The Labute approximate surface area is 228 Å². The molecule has 1 fully saturated rings. The monoisotopic (exact) mass is 558 g/mol. The number of fused-ring (bicyclic) bond motifs is 1. The van der Waals surface area contributed by atoms with Crippen LogP contribution in [0.4, 0.5) is 4.79 Å². The molecule has 0 N–H and O–H groups in total. The highest BCUT2D eigenvalue weighted by molar-refractivity contribution is 7.08. The summed E-state index contributed by atoms with van der Waals surface area (Å²) in [6.07, 6.45) is 0. The van der Waals surface area contributed by atoms with Gasteiger partial charge in [0.15, 0.2) is 5.54 Å². The van der Waals surface area contributed by atoms with Crippen molar-refractivity contribution >= 4 is 45.6 Å². The fourth-order valence-corrected chi connectivity index (χ4v) is 5.82. The van der Waals surface area contributed by atoms with Crippen molar-refractivity contribution in [2.24, 2.45) is 0 Å². The van der Waals surface area contributed by atoms with Crippen LogP contribution < -0.4 is 0 Å². The molecular weight excluding hydrogens is 540 g/mol. The number of furan rings is 1. The number of urea groups is 1. The molecule has 0 aliphatic carbocycles. The Hall–Kier alpha value is -4.62. The Bertz CT molecular complexity index is 1770. The highest BCUT2D eigenvalue weighted by atomic mass is 32.1. The predicted octanol–water partition coefficient (Wildman–Crippen LogP) is 5.54. The quantitative estimate of drug-likeness (QED) is 0.232. The maximum Gasteiger partial charge on any atom is 0.329 e. The van der Waals surface area contributed by atoms with Crippen molar-refractivity contribution in [2.75, 3.05) is 0 Å². The number of thiophene rings is 2. The van der Waals surface area contributed by atoms with E-state index in [1.165, 1.54) is 27.6 Å². The molecule has 6 heterocycles. The van der Waals surface area contributed by atoms with Crippen molar-refractivity contribution in [1.82, 2.24) is 30.1 Å². The third-order valence-corrected chi connectivity index (χ3v) is 8.02. The number of hydrogen-bond acceptors (Lipinski definition) is 11. The largest absolute Gasteiger partial charge is 0.458 e. The van der Waals surface area contributed by atoms with Gasteiger partial charge in [-0.15, -0.1) is 0 Å². The van der Waals surface area contributed by atoms with Crippen LogP contribution in [0, 0.1) is 0 Å². The normalized spacial score (nSPS) is 17.7. The van der Waals surface area contributed by atoms with Crippen LogP contribution in [-0.4, -0.2) is 42.0 Å². The molecule has 0 spiro atoms. The minimum Gasteiger partial charge on any atom is -0.458 e. The molecule has 0 bridgehead atoms. The van der Waals surface area contributed by atoms with E-state index < -0.39 is 17.5 Å². The number of rotatable bonds is 7. The van der Waals surface area contributed by atoms with Crippen LogP contribution in [0.1, 0.15) is 24.5 Å². The first-order valence-electron chi connectivity index (χ1n) is 11.8. The average Bonchev–Trinajstić information content (AvgIpc) is 3.79. The van der Waals surface area contributed by atoms with Crippen molar-refractivity contribution in [3.63, 3.8) is 0 Å². The van der Waals surface area contributed by atoms with E-state index in [0.29, 0.717) is 23.0 Å². The van der Waals surface area contributed by atoms with Crippen molar-refractivity contribution in [3.8, 4) is 22.8 Å². The van der Waals surface area contributed by atoms with Gasteiger partial charge in [0, 0.05) is 27.3 Å². The topological polar surface area (TPSA) is 132 Å². The van der Waals surface area contributed by atoms with Crippen LogP contribution in [0.15, 0.2) is 77.4 Å². The maximum absolute atomic E-state index is 14.0. The molecule has 0 radical (unpaired) electrons. The summed E-state index contributed by atoms with van der Waals surface area (Å²) in [6, 6.07) is 12.3. The van der Waals surface area contributed by atoms with E-state index in [9.17, 15) is 9.59 Å². The number of nitrogens with zero attached hydrogens (tertiary/aromatic N) is 6. The number of para-hydroxylation sites is 1. The lowest BCUT2D eigenvalue weighted by molar-refractivity contribution is -0.134. The average molecular weight is 559 g/mol. The maximum atomic E-state index is 14.0. The molecule has 194 valence electrons. The Kier molecular flexibility index (Phi) is 5.42. The second-order valence-corrected chi connectivity index (χ2v) is 10.6. The second-order valence-electron chi connectivity index (χ2n) is 9.03. The van der Waals surface area contributed by atoms with Gasteiger partial charge in [-0.25, -0.2) is 4.79 Å². The molecule has 6 aromatic rings. The Balaban J connectivity index is 1.25. The van der Waals surface area contributed by atoms with E-state index in [2.05, 4.69) is 20.3 Å². The van der Waals surface area contributed by atoms with Crippen molar-refractivity contribution < 1.29 is 23.1 Å². The Morgan fingerprint density at radius 1 is 0.872 bits per heavy atom. The van der Waals surface area contributed by atoms with Crippen molar-refractivity contribution in [2.45, 2.75) is 25.6 Å². The zero-order chi connectivity index (χ0) is 26.6. The van der Waals surface area contributed by atoms with Crippen molar-refractivity contribution in [1.29, 1.82) is 0 Å². The number of hydrogen-bond donors (Lipinski definition) is 0. The highest BCUT2D eigenvalue weighted by Gasteiger charge is 2.58. The van der Waals surface area contributed by atoms with Crippen LogP contribution >= 0.6 is 22.7 Å². The third kappa shape index (κ3) is 3.85. The molecule has 1 aromatic carbocycles. The molecule has 5 aromatic heterocycles. The van der Waals surface area contributed by atoms with E-state index in [-0.39, 0.29) is 24.9 Å². The lowest BCUT2D eigenvalue weighted by Gasteiger charge is -2.28. The summed E-state index contributed by atoms with van der Waals surface area (Å²) < 4.78 is 17.0. The molecule has 1 unspecified atom stereocenters. The fourth-order valence-electron chi connectivity index (χ4n) is 4.55. The summed E-state index contributed by atoms with van der Waals surface area (Å²) in [5.41, 5.74) is 0.699. The molecule has 13 heteroatoms. The van der Waals surface area contributed by atoms with Gasteiger partial charge >= 0.3 is 6.03 Å². The lowest BCUT2D eigenvalue weighted by atomic mass is 9.96. The molecule has 3 amide bonds. The Morgan fingerprint density at radius 2 is 1.51 bits per heavy atom. The van der Waals surface area contributed by atoms with E-state index in [1.54, 1.807) is 19.1 Å². The van der Waals surface area contributed by atoms with Crippen LogP contribution in [-0.2, 0) is 23.4 Å². The van der Waals surface area contributed by atoms with Gasteiger partial charge in [0.25, 0.3) is 5.91 Å². The molecule has 0 saturated carbocycles. The molecule has 1 aliphatic rings. The lowest BCUT2D eigenvalue weighted by Crippen LogP contribution is -2.43. The molecule has 1 aliphatic heterocycles. The van der Waals surface area contributed by atoms with E-state index >= 15 is 0 Å². The summed E-state index contributed by atoms with van der Waals surface area (Å²) >= 11 is 3.01. The zero-order valence-electron chi connectivity index (χ0n) is 20.3. The molecular formula is C26H18N6O5S2. The predicted molar refractivity (Wildman–Crippen MR) is 140 cm³/mol. The smallest absolute Gasteiger partial charge is 0.329 e. The van der Waals surface area contributed by atoms with Crippen LogP contribution in [0.3, 0.4) is 0 Å². The zero-order valence-corrected chi connectivity index (χ0v) is 21.9. The van der Waals surface area contributed by atoms with Crippen molar-refractivity contribution in [3.05, 3.63) is 81.5 Å². The Morgan fingerprint density at radius 3 is 2.13 bits per heavy atom. The number of carbonyl (C=O) groups excluding carboxylic acids is 2. The van der Waals surface area contributed by atoms with Gasteiger partial charge in [0.05, 0.1) is 0 Å². The third-order valence-electron chi connectivity index (χ3n) is 6.65. The molecule has 1 atom stereocenters. The standard InChI is InChI=1S/C26H18N6O5S2/c1-26(19-10-15-4-2-3-5-18(15)35-19)24(33)31(11-20-27-22(29-36-20)16-6-8-38-13-16)25(34)32(26)12-21-28-23(30-37-21)17-7-9-39-14-17/h2-10,13-14H,11-12H2,1H3. The van der Waals surface area contributed by atoms with Gasteiger partial charge < -0.3 is 13.5 Å². The second kappa shape index (κ2) is 8.99. The van der Waals surface area contributed by atoms with Gasteiger partial charge in [-0.1, -0.05) is 28.5 Å². The van der Waals surface area contributed by atoms with E-state index in [4.69, 9.17) is 13.5 Å². The first-order chi connectivity index (χ1) is 19.0. The molecule has 1 saturated heterocycles. The first kappa shape index (κ1) is 23.5. The highest BCUT2D eigenvalue weighted by Crippen LogP contribution is 2.41. The number of carbonyl (C=O) groups is 2. The summed E-state index contributed by atoms with van der Waals surface area (Å²) in [4.78, 5) is 39.1. The van der Waals surface area contributed by atoms with Crippen LogP contribution in [0.5, 0.6) is 0 Å². The van der Waals surface area contributed by atoms with Crippen LogP contribution in [0.2, 0.25) is 0 Å². The number of imide groups is 1. The minimum atomic E-state index is -1.50. The fraction of sp³-hybridized carbons (Fsp3) is 0.154. The number of amides is 3. The summed E-state index contributed by atoms with van der Waals surface area (Å²) in [7, 11) is 0. The van der Waals surface area contributed by atoms with Crippen LogP contribution in [0.25, 0.3) is 33.7 Å². The van der Waals surface area contributed by atoms with Gasteiger partial charge in [-0.2, -0.15) is 32.6 Å². The molecule has 39 heavy (non-hydrogen) atoms. The number of aromatic nitrogens is 4. The molecule has 11 nitrogen and oxygen atoms in total. The molecule has 7 rings (SSSR count). The van der Waals surface area contributed by atoms with E-state index in [1.807, 2.05) is 51.9 Å². The van der Waals surface area contributed by atoms with Gasteiger partial charge in [0.2, 0.25) is 23.4 Å². The minimum absolute atomic E-state index is 0.115. The number of benzene rings is 1. The SMILES string of the molecule is CC1(c2cc3ccccc3o2)C(=O)N(Cc2nc(-c3ccsc3)no2)C(=O)N1Cc1nc(-c2ccsc2)no1. The summed E-state index contributed by atoms with van der Waals surface area (Å²) in [5.74, 6) is 0.904. The van der Waals surface area contributed by atoms with E-state index in [0.717, 1.165) is 21.4 Å². The van der Waals surface area contributed by atoms with Gasteiger partial charge in [-0.3, -0.25) is 14.6 Å². The first-order valence-corrected chi connectivity index (χ1v) is 13.7.